The van der Waals surface area contributed by atoms with E-state index in [-0.39, 0.29) is 5.69 Å². The molecule has 1 aromatic carbocycles. The molecule has 0 bridgehead atoms. The van der Waals surface area contributed by atoms with Crippen LogP contribution in [0.4, 0.5) is 5.69 Å². The first-order valence-electron chi connectivity index (χ1n) is 6.90. The summed E-state index contributed by atoms with van der Waals surface area (Å²) < 4.78 is 33.2. The van der Waals surface area contributed by atoms with Crippen molar-refractivity contribution in [1.82, 2.24) is 0 Å². The number of benzene rings is 1. The third kappa shape index (κ3) is 8.77. The third-order valence-corrected chi connectivity index (χ3v) is 8.34. The number of hydrogen-bond donors (Lipinski definition) is 1. The first kappa shape index (κ1) is 28.0. The van der Waals surface area contributed by atoms with Gasteiger partial charge in [0.05, 0.1) is 4.92 Å². The largest absolute Gasteiger partial charge is 0.424 e. The monoisotopic (exact) mass is 519 g/mol. The summed E-state index contributed by atoms with van der Waals surface area (Å²) >= 11 is 20.8. The summed E-state index contributed by atoms with van der Waals surface area (Å²) in [7, 11) is 1.21. The molecule has 1 rings (SSSR count). The standard InChI is InChI=1S/C8H10NO5PS.C4H8Cl3O4P/c1-12-15(16,13-2)14-8-5-3-7(4-6-8)9(10)11;1-10-12(9,11-2)3(8)4(5,6)7/h3-6H,1-2H3;3,8H,1-2H3. The number of nitro groups is 1. The molecule has 0 radical (unpaired) electrons. The van der Waals surface area contributed by atoms with Crippen molar-refractivity contribution in [2.24, 2.45) is 0 Å². The van der Waals surface area contributed by atoms with Crippen LogP contribution in [0.2, 0.25) is 0 Å². The fourth-order valence-corrected chi connectivity index (χ4v) is 4.28. The van der Waals surface area contributed by atoms with E-state index in [0.29, 0.717) is 5.75 Å². The van der Waals surface area contributed by atoms with Gasteiger partial charge in [-0.2, -0.15) is 0 Å². The second-order valence-electron chi connectivity index (χ2n) is 4.47. The molecule has 0 aliphatic carbocycles. The van der Waals surface area contributed by atoms with Gasteiger partial charge in [-0.25, -0.2) is 0 Å². The summed E-state index contributed by atoms with van der Waals surface area (Å²) in [6.45, 7) is -2.78. The van der Waals surface area contributed by atoms with Crippen LogP contribution >= 0.6 is 49.1 Å². The van der Waals surface area contributed by atoms with Crippen molar-refractivity contribution in [2.45, 2.75) is 9.64 Å². The predicted octanol–water partition coefficient (Wildman–Crippen LogP) is 4.65. The van der Waals surface area contributed by atoms with Gasteiger partial charge in [-0.1, -0.05) is 34.8 Å². The number of halogens is 3. The molecule has 0 spiro atoms. The Morgan fingerprint density at radius 1 is 1.07 bits per heavy atom. The minimum Gasteiger partial charge on any atom is -0.424 e. The molecule has 0 amide bonds. The van der Waals surface area contributed by atoms with E-state index in [1.165, 1.54) is 38.5 Å². The molecule has 0 fully saturated rings. The lowest BCUT2D eigenvalue weighted by Crippen LogP contribution is -2.26. The van der Waals surface area contributed by atoms with Gasteiger partial charge in [0, 0.05) is 52.4 Å². The van der Waals surface area contributed by atoms with Gasteiger partial charge in [0.1, 0.15) is 5.75 Å². The molecule has 0 saturated carbocycles. The Kier molecular flexibility index (Phi) is 12.0. The molecule has 10 nitrogen and oxygen atoms in total. The number of aliphatic hydroxyl groups excluding tert-OH is 1. The van der Waals surface area contributed by atoms with Gasteiger partial charge in [-0.05, 0) is 12.1 Å². The Bertz CT molecular complexity index is 716. The van der Waals surface area contributed by atoms with E-state index in [2.05, 4.69) is 9.05 Å². The van der Waals surface area contributed by atoms with Crippen molar-refractivity contribution in [3.8, 4) is 5.75 Å². The first-order chi connectivity index (χ1) is 12.8. The van der Waals surface area contributed by atoms with Crippen LogP contribution in [-0.2, 0) is 34.5 Å². The Labute approximate surface area is 181 Å². The molecule has 1 atom stereocenters. The topological polar surface area (TPSA) is 127 Å². The molecule has 16 heteroatoms. The van der Waals surface area contributed by atoms with Crippen LogP contribution in [0.25, 0.3) is 0 Å². The van der Waals surface area contributed by atoms with Crippen LogP contribution in [0, 0.1) is 10.1 Å². The maximum Gasteiger partial charge on any atom is 0.380 e. The number of hydrogen-bond acceptors (Lipinski definition) is 10. The van der Waals surface area contributed by atoms with Gasteiger partial charge in [-0.3, -0.25) is 14.7 Å². The van der Waals surface area contributed by atoms with Gasteiger partial charge in [0.25, 0.3) is 5.69 Å². The summed E-state index contributed by atoms with van der Waals surface area (Å²) in [5, 5.41) is 19.6. The molecule has 0 saturated heterocycles. The Morgan fingerprint density at radius 3 is 1.75 bits per heavy atom. The van der Waals surface area contributed by atoms with Crippen molar-refractivity contribution in [2.75, 3.05) is 28.4 Å². The molecular formula is C12H18Cl3NO9P2S. The highest BCUT2D eigenvalue weighted by molar-refractivity contribution is 8.07. The van der Waals surface area contributed by atoms with E-state index in [4.69, 9.17) is 60.2 Å². The van der Waals surface area contributed by atoms with Gasteiger partial charge >= 0.3 is 14.3 Å². The van der Waals surface area contributed by atoms with Crippen molar-refractivity contribution >= 4 is 66.6 Å². The highest BCUT2D eigenvalue weighted by atomic mass is 35.6. The SMILES string of the molecule is COP(=O)(OC)C(O)C(Cl)(Cl)Cl.COP(=S)(OC)Oc1ccc([N+](=O)[O-])cc1. The molecule has 1 unspecified atom stereocenters. The van der Waals surface area contributed by atoms with Crippen LogP contribution in [0.5, 0.6) is 5.75 Å². The Hall–Kier alpha value is -0.0300. The van der Waals surface area contributed by atoms with E-state index in [1.54, 1.807) is 0 Å². The summed E-state index contributed by atoms with van der Waals surface area (Å²) in [4.78, 5) is 9.92. The zero-order valence-corrected chi connectivity index (χ0v) is 19.9. The minimum absolute atomic E-state index is 0.0181. The first-order valence-corrected chi connectivity index (χ1v) is 12.2. The molecule has 1 N–H and O–H groups in total. The second kappa shape index (κ2) is 12.0. The number of alkyl halides is 3. The minimum atomic E-state index is -3.73. The maximum atomic E-state index is 11.3. The van der Waals surface area contributed by atoms with Gasteiger partial charge in [0.2, 0.25) is 9.64 Å². The molecule has 162 valence electrons. The van der Waals surface area contributed by atoms with E-state index in [0.717, 1.165) is 14.2 Å². The summed E-state index contributed by atoms with van der Waals surface area (Å²) in [5.41, 5.74) is -0.0181. The molecule has 0 aliphatic rings. The number of non-ortho nitro benzene ring substituents is 1. The van der Waals surface area contributed by atoms with Crippen molar-refractivity contribution in [3.63, 3.8) is 0 Å². The van der Waals surface area contributed by atoms with Gasteiger partial charge < -0.3 is 27.7 Å². The third-order valence-electron chi connectivity index (χ3n) is 2.81. The molecular weight excluding hydrogens is 503 g/mol. The highest BCUT2D eigenvalue weighted by Crippen LogP contribution is 2.57. The second-order valence-corrected chi connectivity index (χ2v) is 12.3. The van der Waals surface area contributed by atoms with Crippen molar-refractivity contribution in [3.05, 3.63) is 34.4 Å². The van der Waals surface area contributed by atoms with Crippen LogP contribution in [-0.4, -0.2) is 48.1 Å². The van der Waals surface area contributed by atoms with Crippen molar-refractivity contribution < 1.29 is 37.2 Å². The number of nitrogens with zero attached hydrogens (tertiary/aromatic N) is 1. The Morgan fingerprint density at radius 2 is 1.50 bits per heavy atom. The van der Waals surface area contributed by atoms with Crippen LogP contribution in [0.1, 0.15) is 0 Å². The molecule has 0 aliphatic heterocycles. The van der Waals surface area contributed by atoms with E-state index in [1.807, 2.05) is 0 Å². The van der Waals surface area contributed by atoms with E-state index < -0.39 is 28.9 Å². The number of nitro benzene ring substituents is 1. The lowest BCUT2D eigenvalue weighted by molar-refractivity contribution is -0.384. The summed E-state index contributed by atoms with van der Waals surface area (Å²) in [6, 6.07) is 5.52. The summed E-state index contributed by atoms with van der Waals surface area (Å²) in [5.74, 6) is -1.43. The zero-order valence-electron chi connectivity index (χ0n) is 15.0. The number of aliphatic hydroxyl groups is 1. The maximum absolute atomic E-state index is 11.3. The molecule has 0 heterocycles. The average Bonchev–Trinajstić information content (AvgIpc) is 2.66. The highest BCUT2D eigenvalue weighted by Gasteiger charge is 2.46. The zero-order chi connectivity index (χ0) is 22.2. The smallest absolute Gasteiger partial charge is 0.380 e. The average molecular weight is 521 g/mol. The fraction of sp³-hybridized carbons (Fsp3) is 0.500. The molecule has 28 heavy (non-hydrogen) atoms. The van der Waals surface area contributed by atoms with Gasteiger partial charge in [-0.15, -0.1) is 0 Å². The lowest BCUT2D eigenvalue weighted by Gasteiger charge is -2.24. The summed E-state index contributed by atoms with van der Waals surface area (Å²) in [6.07, 6.45) is 0. The molecule has 1 aromatic rings. The fourth-order valence-electron chi connectivity index (χ4n) is 1.36. The normalized spacial score (nSPS) is 13.3. The quantitative estimate of drug-likeness (QED) is 0.224. The predicted molar refractivity (Wildman–Crippen MR) is 110 cm³/mol. The van der Waals surface area contributed by atoms with E-state index >= 15 is 0 Å². The van der Waals surface area contributed by atoms with E-state index in [9.17, 15) is 19.8 Å². The van der Waals surface area contributed by atoms with Crippen LogP contribution < -0.4 is 4.52 Å². The van der Waals surface area contributed by atoms with Gasteiger partial charge in [0.15, 0.2) is 0 Å². The lowest BCUT2D eigenvalue weighted by atomic mass is 10.3. The molecule has 0 aromatic heterocycles. The van der Waals surface area contributed by atoms with Crippen LogP contribution in [0.3, 0.4) is 0 Å². The Balaban J connectivity index is 0.000000546. The van der Waals surface area contributed by atoms with Crippen LogP contribution in [0.15, 0.2) is 24.3 Å². The van der Waals surface area contributed by atoms with Crippen molar-refractivity contribution in [1.29, 1.82) is 0 Å². The number of rotatable bonds is 8.